The Morgan fingerprint density at radius 3 is 2.67 bits per heavy atom. The predicted octanol–water partition coefficient (Wildman–Crippen LogP) is 1.39. The van der Waals surface area contributed by atoms with Crippen LogP contribution in [0.25, 0.3) is 0 Å². The highest BCUT2D eigenvalue weighted by atomic mass is 32.2. The number of anilines is 1. The van der Waals surface area contributed by atoms with Gasteiger partial charge in [-0.25, -0.2) is 12.7 Å². The van der Waals surface area contributed by atoms with Crippen molar-refractivity contribution in [1.82, 2.24) is 4.31 Å². The van der Waals surface area contributed by atoms with E-state index in [9.17, 15) is 13.5 Å². The van der Waals surface area contributed by atoms with Crippen molar-refractivity contribution in [2.24, 2.45) is 5.92 Å². The molecule has 2 atom stereocenters. The van der Waals surface area contributed by atoms with Gasteiger partial charge in [-0.3, -0.25) is 0 Å². The van der Waals surface area contributed by atoms with Gasteiger partial charge in [0, 0.05) is 29.4 Å². The topological polar surface area (TPSA) is 83.6 Å². The molecule has 0 bridgehead atoms. The number of hydrogen-bond acceptors (Lipinski definition) is 5. The molecule has 118 valence electrons. The van der Waals surface area contributed by atoms with Crippen molar-refractivity contribution in [2.45, 2.75) is 24.3 Å². The van der Waals surface area contributed by atoms with Gasteiger partial charge >= 0.3 is 0 Å². The minimum atomic E-state index is -3.23. The molecule has 1 heterocycles. The fourth-order valence-electron chi connectivity index (χ4n) is 2.36. The molecule has 1 fully saturated rings. The van der Waals surface area contributed by atoms with Crippen LogP contribution >= 0.6 is 11.8 Å². The van der Waals surface area contributed by atoms with Gasteiger partial charge in [-0.1, -0.05) is 0 Å². The van der Waals surface area contributed by atoms with Crippen LogP contribution in [0, 0.1) is 5.92 Å². The average molecular weight is 330 g/mol. The summed E-state index contributed by atoms with van der Waals surface area (Å²) in [4.78, 5) is 1.02. The van der Waals surface area contributed by atoms with Crippen molar-refractivity contribution < 1.29 is 13.5 Å². The lowest BCUT2D eigenvalue weighted by molar-refractivity contribution is 0.133. The second-order valence-corrected chi connectivity index (χ2v) is 8.64. The highest BCUT2D eigenvalue weighted by molar-refractivity contribution is 8.00. The molecule has 3 N–H and O–H groups in total. The Kier molecular flexibility index (Phi) is 5.54. The van der Waals surface area contributed by atoms with Crippen LogP contribution in [0.2, 0.25) is 0 Å². The van der Waals surface area contributed by atoms with Crippen LogP contribution in [0.1, 0.15) is 13.3 Å². The molecule has 1 aromatic rings. The first kappa shape index (κ1) is 16.6. The zero-order valence-electron chi connectivity index (χ0n) is 12.1. The molecule has 1 aliphatic heterocycles. The maximum atomic E-state index is 12.3. The number of nitrogens with two attached hydrogens (primary N) is 1. The summed E-state index contributed by atoms with van der Waals surface area (Å²) in [5, 5.41) is 9.55. The maximum Gasteiger partial charge on any atom is 0.214 e. The number of aliphatic hydroxyl groups is 1. The Morgan fingerprint density at radius 2 is 2.10 bits per heavy atom. The van der Waals surface area contributed by atoms with E-state index in [1.54, 1.807) is 6.92 Å². The summed E-state index contributed by atoms with van der Waals surface area (Å²) < 4.78 is 26.0. The van der Waals surface area contributed by atoms with Crippen molar-refractivity contribution in [1.29, 1.82) is 0 Å². The lowest BCUT2D eigenvalue weighted by Crippen LogP contribution is -2.33. The van der Waals surface area contributed by atoms with Gasteiger partial charge < -0.3 is 10.8 Å². The quantitative estimate of drug-likeness (QED) is 0.608. The molecule has 1 aromatic carbocycles. The van der Waals surface area contributed by atoms with Crippen molar-refractivity contribution in [2.75, 3.05) is 30.3 Å². The largest absolute Gasteiger partial charge is 0.399 e. The summed E-state index contributed by atoms with van der Waals surface area (Å²) in [5.41, 5.74) is 6.31. The molecule has 5 nitrogen and oxygen atoms in total. The molecule has 0 saturated carbocycles. The number of benzene rings is 1. The van der Waals surface area contributed by atoms with Crippen LogP contribution < -0.4 is 5.73 Å². The van der Waals surface area contributed by atoms with Gasteiger partial charge in [0.25, 0.3) is 0 Å². The molecule has 2 rings (SSSR count). The normalized spacial score (nSPS) is 21.5. The van der Waals surface area contributed by atoms with Crippen molar-refractivity contribution in [3.05, 3.63) is 24.3 Å². The van der Waals surface area contributed by atoms with Gasteiger partial charge in [0.05, 0.1) is 11.9 Å². The number of sulfonamides is 1. The van der Waals surface area contributed by atoms with Gasteiger partial charge in [0.15, 0.2) is 0 Å². The summed E-state index contributed by atoms with van der Waals surface area (Å²) >= 11 is 1.51. The predicted molar refractivity (Wildman–Crippen MR) is 86.7 cm³/mol. The summed E-state index contributed by atoms with van der Waals surface area (Å²) in [6.07, 6.45) is 0.288. The Labute approximate surface area is 130 Å². The summed E-state index contributed by atoms with van der Waals surface area (Å²) in [6.45, 7) is 2.68. The zero-order chi connectivity index (χ0) is 15.5. The fraction of sp³-hybridized carbons (Fsp3) is 0.571. The molecular weight excluding hydrogens is 308 g/mol. The molecule has 0 aliphatic carbocycles. The second-order valence-electron chi connectivity index (χ2n) is 5.38. The first-order chi connectivity index (χ1) is 9.88. The van der Waals surface area contributed by atoms with E-state index < -0.39 is 16.1 Å². The molecule has 1 aliphatic rings. The number of nitrogen functional groups attached to an aromatic ring is 1. The number of nitrogens with zero attached hydrogens (tertiary/aromatic N) is 1. The van der Waals surface area contributed by atoms with Crippen LogP contribution in [0.3, 0.4) is 0 Å². The number of aliphatic hydroxyl groups excluding tert-OH is 1. The highest BCUT2D eigenvalue weighted by Crippen LogP contribution is 2.24. The lowest BCUT2D eigenvalue weighted by atomic mass is 10.0. The van der Waals surface area contributed by atoms with Crippen LogP contribution in [0.15, 0.2) is 29.2 Å². The van der Waals surface area contributed by atoms with Gasteiger partial charge in [0.2, 0.25) is 10.0 Å². The Balaban J connectivity index is 1.83. The van der Waals surface area contributed by atoms with E-state index in [2.05, 4.69) is 0 Å². The van der Waals surface area contributed by atoms with Crippen molar-refractivity contribution in [3.8, 4) is 0 Å². The fourth-order valence-corrected chi connectivity index (χ4v) is 5.16. The van der Waals surface area contributed by atoms with Crippen molar-refractivity contribution in [3.63, 3.8) is 0 Å². The maximum absolute atomic E-state index is 12.3. The smallest absolute Gasteiger partial charge is 0.214 e. The minimum absolute atomic E-state index is 0.0597. The summed E-state index contributed by atoms with van der Waals surface area (Å²) in [5.74, 6) is 0.695. The Bertz CT molecular complexity index is 558. The van der Waals surface area contributed by atoms with E-state index in [0.717, 1.165) is 11.3 Å². The van der Waals surface area contributed by atoms with Gasteiger partial charge in [-0.15, -0.1) is 11.8 Å². The van der Waals surface area contributed by atoms with Gasteiger partial charge in [0.1, 0.15) is 0 Å². The number of rotatable bonds is 6. The third-order valence-electron chi connectivity index (χ3n) is 3.75. The van der Waals surface area contributed by atoms with E-state index in [0.29, 0.717) is 24.5 Å². The van der Waals surface area contributed by atoms with E-state index in [1.165, 1.54) is 16.1 Å². The molecule has 0 amide bonds. The summed E-state index contributed by atoms with van der Waals surface area (Å²) in [7, 11) is -3.23. The standard InChI is InChI=1S/C14H22N2O3S2/c1-11(17)12-6-7-16(10-12)21(18,19)9-8-20-14-4-2-13(15)3-5-14/h2-5,11-12,17H,6-10,15H2,1H3. The van der Waals surface area contributed by atoms with E-state index >= 15 is 0 Å². The van der Waals surface area contributed by atoms with Crippen molar-refractivity contribution >= 4 is 27.5 Å². The summed E-state index contributed by atoms with van der Waals surface area (Å²) in [6, 6.07) is 7.41. The highest BCUT2D eigenvalue weighted by Gasteiger charge is 2.32. The molecule has 0 radical (unpaired) electrons. The third kappa shape index (κ3) is 4.60. The van der Waals surface area contributed by atoms with E-state index in [4.69, 9.17) is 5.73 Å². The average Bonchev–Trinajstić information content (AvgIpc) is 2.91. The molecule has 7 heteroatoms. The third-order valence-corrected chi connectivity index (χ3v) is 6.86. The minimum Gasteiger partial charge on any atom is -0.399 e. The van der Waals surface area contributed by atoms with Gasteiger partial charge in [-0.05, 0) is 43.5 Å². The van der Waals surface area contributed by atoms with E-state index in [-0.39, 0.29) is 11.7 Å². The van der Waals surface area contributed by atoms with Crippen LogP contribution in [-0.4, -0.2) is 48.5 Å². The van der Waals surface area contributed by atoms with Crippen LogP contribution in [-0.2, 0) is 10.0 Å². The Hall–Kier alpha value is -0.760. The van der Waals surface area contributed by atoms with Gasteiger partial charge in [-0.2, -0.15) is 0 Å². The van der Waals surface area contributed by atoms with Crippen LogP contribution in [0.5, 0.6) is 0 Å². The monoisotopic (exact) mass is 330 g/mol. The molecule has 0 aromatic heterocycles. The van der Waals surface area contributed by atoms with Crippen LogP contribution in [0.4, 0.5) is 5.69 Å². The molecule has 2 unspecified atom stereocenters. The first-order valence-electron chi connectivity index (χ1n) is 7.03. The zero-order valence-corrected chi connectivity index (χ0v) is 13.7. The molecule has 1 saturated heterocycles. The SMILES string of the molecule is CC(O)C1CCN(S(=O)(=O)CCSc2ccc(N)cc2)C1. The number of thioether (sulfide) groups is 1. The molecular formula is C14H22N2O3S2. The molecule has 21 heavy (non-hydrogen) atoms. The first-order valence-corrected chi connectivity index (χ1v) is 9.62. The number of hydrogen-bond donors (Lipinski definition) is 2. The molecule has 0 spiro atoms. The lowest BCUT2D eigenvalue weighted by Gasteiger charge is -2.17. The Morgan fingerprint density at radius 1 is 1.43 bits per heavy atom. The second kappa shape index (κ2) is 7.00. The van der Waals surface area contributed by atoms with E-state index in [1.807, 2.05) is 24.3 Å².